The van der Waals surface area contributed by atoms with E-state index >= 15 is 0 Å². The van der Waals surface area contributed by atoms with Crippen molar-refractivity contribution in [3.05, 3.63) is 78.2 Å². The highest BCUT2D eigenvalue weighted by Crippen LogP contribution is 2.20. The molecule has 0 unspecified atom stereocenters. The van der Waals surface area contributed by atoms with Crippen molar-refractivity contribution in [3.63, 3.8) is 0 Å². The number of aromatic nitrogens is 2. The van der Waals surface area contributed by atoms with E-state index in [9.17, 15) is 4.79 Å². The molecule has 0 radical (unpaired) electrons. The van der Waals surface area contributed by atoms with E-state index in [1.807, 2.05) is 54.6 Å². The smallest absolute Gasteiger partial charge is 0.270 e. The zero-order valence-electron chi connectivity index (χ0n) is 15.6. The monoisotopic (exact) mass is 378 g/mol. The summed E-state index contributed by atoms with van der Waals surface area (Å²) in [6, 6.07) is 19.1. The number of rotatable bonds is 9. The number of hydrogen-bond donors (Lipinski definition) is 2. The van der Waals surface area contributed by atoms with Gasteiger partial charge in [0.05, 0.1) is 6.61 Å². The van der Waals surface area contributed by atoms with Crippen molar-refractivity contribution in [2.45, 2.75) is 6.61 Å². The van der Waals surface area contributed by atoms with Gasteiger partial charge >= 0.3 is 0 Å². The summed E-state index contributed by atoms with van der Waals surface area (Å²) in [5, 5.41) is 5.88. The van der Waals surface area contributed by atoms with Crippen LogP contribution in [-0.4, -0.2) is 36.1 Å². The van der Waals surface area contributed by atoms with E-state index in [0.717, 1.165) is 17.0 Å². The first-order chi connectivity index (χ1) is 13.7. The molecule has 144 valence electrons. The Kier molecular flexibility index (Phi) is 6.92. The minimum absolute atomic E-state index is 0.271. The van der Waals surface area contributed by atoms with Gasteiger partial charge in [-0.15, -0.1) is 0 Å². The second kappa shape index (κ2) is 10.0. The van der Waals surface area contributed by atoms with Crippen LogP contribution in [0.2, 0.25) is 0 Å². The van der Waals surface area contributed by atoms with Gasteiger partial charge in [0.15, 0.2) is 0 Å². The Bertz CT molecular complexity index is 886. The summed E-state index contributed by atoms with van der Waals surface area (Å²) in [4.78, 5) is 20.2. The lowest BCUT2D eigenvalue weighted by Gasteiger charge is -2.09. The van der Waals surface area contributed by atoms with Crippen molar-refractivity contribution in [2.75, 3.05) is 25.6 Å². The van der Waals surface area contributed by atoms with E-state index in [1.54, 1.807) is 13.2 Å². The van der Waals surface area contributed by atoms with Crippen LogP contribution in [0.5, 0.6) is 5.75 Å². The highest BCUT2D eigenvalue weighted by Gasteiger charge is 2.08. The lowest BCUT2D eigenvalue weighted by atomic mass is 10.2. The second-order valence-corrected chi connectivity index (χ2v) is 5.96. The minimum Gasteiger partial charge on any atom is -0.489 e. The summed E-state index contributed by atoms with van der Waals surface area (Å²) in [5.74, 6) is 1.03. The van der Waals surface area contributed by atoms with Gasteiger partial charge in [-0.25, -0.2) is 9.97 Å². The molecule has 2 N–H and O–H groups in total. The summed E-state index contributed by atoms with van der Waals surface area (Å²) >= 11 is 0. The van der Waals surface area contributed by atoms with Crippen LogP contribution in [0.4, 0.5) is 11.5 Å². The number of hydrogen-bond acceptors (Lipinski definition) is 6. The van der Waals surface area contributed by atoms with Crippen LogP contribution < -0.4 is 15.4 Å². The molecule has 2 aromatic carbocycles. The topological polar surface area (TPSA) is 85.4 Å². The average Bonchev–Trinajstić information content (AvgIpc) is 2.74. The molecule has 0 spiro atoms. The van der Waals surface area contributed by atoms with E-state index < -0.39 is 0 Å². The maximum absolute atomic E-state index is 12.1. The third-order valence-electron chi connectivity index (χ3n) is 3.87. The Balaban J connectivity index is 1.56. The summed E-state index contributed by atoms with van der Waals surface area (Å²) in [5.41, 5.74) is 2.23. The molecule has 0 bridgehead atoms. The fraction of sp³-hybridized carbons (Fsp3) is 0.190. The van der Waals surface area contributed by atoms with Gasteiger partial charge < -0.3 is 20.1 Å². The fourth-order valence-electron chi connectivity index (χ4n) is 2.43. The lowest BCUT2D eigenvalue weighted by Crippen LogP contribution is -2.27. The quantitative estimate of drug-likeness (QED) is 0.556. The Morgan fingerprint density at radius 2 is 1.82 bits per heavy atom. The van der Waals surface area contributed by atoms with E-state index in [-0.39, 0.29) is 11.6 Å². The third-order valence-corrected chi connectivity index (χ3v) is 3.87. The molecule has 1 aromatic heterocycles. The minimum atomic E-state index is -0.271. The van der Waals surface area contributed by atoms with Crippen molar-refractivity contribution < 1.29 is 14.3 Å². The summed E-state index contributed by atoms with van der Waals surface area (Å²) in [6.45, 7) is 1.38. The molecule has 3 aromatic rings. The van der Waals surface area contributed by atoms with E-state index in [0.29, 0.717) is 25.6 Å². The molecule has 7 nitrogen and oxygen atoms in total. The summed E-state index contributed by atoms with van der Waals surface area (Å²) in [7, 11) is 1.58. The van der Waals surface area contributed by atoms with Crippen LogP contribution in [0, 0.1) is 0 Å². The van der Waals surface area contributed by atoms with Crippen molar-refractivity contribution in [1.29, 1.82) is 0 Å². The van der Waals surface area contributed by atoms with Crippen LogP contribution in [0.1, 0.15) is 16.1 Å². The van der Waals surface area contributed by atoms with Crippen molar-refractivity contribution in [3.8, 4) is 5.75 Å². The molecular formula is C21H22N4O3. The van der Waals surface area contributed by atoms with Crippen LogP contribution in [0.25, 0.3) is 0 Å². The largest absolute Gasteiger partial charge is 0.489 e. The molecule has 1 amide bonds. The molecule has 0 saturated heterocycles. The maximum atomic E-state index is 12.1. The van der Waals surface area contributed by atoms with Crippen LogP contribution in [0.3, 0.4) is 0 Å². The number of carbonyl (C=O) groups is 1. The molecule has 0 fully saturated rings. The van der Waals surface area contributed by atoms with E-state index in [4.69, 9.17) is 9.47 Å². The zero-order valence-corrected chi connectivity index (χ0v) is 15.6. The molecule has 0 aliphatic rings. The lowest BCUT2D eigenvalue weighted by molar-refractivity contribution is 0.0932. The van der Waals surface area contributed by atoms with Gasteiger partial charge in [-0.05, 0) is 29.8 Å². The molecule has 0 saturated carbocycles. The molecule has 7 heteroatoms. The Morgan fingerprint density at radius 1 is 1.04 bits per heavy atom. The van der Waals surface area contributed by atoms with Gasteiger partial charge in [-0.1, -0.05) is 30.3 Å². The molecule has 0 aliphatic carbocycles. The first-order valence-corrected chi connectivity index (χ1v) is 8.87. The van der Waals surface area contributed by atoms with E-state index in [1.165, 1.54) is 6.33 Å². The number of anilines is 2. The number of amides is 1. The molecule has 3 rings (SSSR count). The SMILES string of the molecule is COCCNC(=O)c1cc(Nc2ccc(OCc3ccccc3)cc2)ncn1. The van der Waals surface area contributed by atoms with Crippen LogP contribution >= 0.6 is 0 Å². The van der Waals surface area contributed by atoms with Gasteiger partial charge in [0.2, 0.25) is 0 Å². The highest BCUT2D eigenvalue weighted by atomic mass is 16.5. The third kappa shape index (κ3) is 5.78. The average molecular weight is 378 g/mol. The van der Waals surface area contributed by atoms with Gasteiger partial charge in [0, 0.05) is 25.4 Å². The highest BCUT2D eigenvalue weighted by molar-refractivity contribution is 5.92. The number of ether oxygens (including phenoxy) is 2. The summed E-state index contributed by atoms with van der Waals surface area (Å²) < 4.78 is 10.7. The van der Waals surface area contributed by atoms with Crippen molar-refractivity contribution >= 4 is 17.4 Å². The standard InChI is InChI=1S/C21H22N4O3/c1-27-12-11-22-21(26)19-13-20(24-15-23-19)25-17-7-9-18(10-8-17)28-14-16-5-3-2-4-6-16/h2-10,13,15H,11-12,14H2,1H3,(H,22,26)(H,23,24,25). The summed E-state index contributed by atoms with van der Waals surface area (Å²) in [6.07, 6.45) is 1.35. The Hall–Kier alpha value is -3.45. The Labute approximate surface area is 163 Å². The van der Waals surface area contributed by atoms with Gasteiger partial charge in [-0.2, -0.15) is 0 Å². The predicted octanol–water partition coefficient (Wildman–Crippen LogP) is 3.18. The first kappa shape index (κ1) is 19.3. The van der Waals surface area contributed by atoms with Crippen LogP contribution in [0.15, 0.2) is 67.0 Å². The molecule has 0 atom stereocenters. The Morgan fingerprint density at radius 3 is 2.57 bits per heavy atom. The number of methoxy groups -OCH3 is 1. The van der Waals surface area contributed by atoms with Gasteiger partial charge in [0.1, 0.15) is 30.2 Å². The molecular weight excluding hydrogens is 356 g/mol. The number of nitrogens with one attached hydrogen (secondary N) is 2. The van der Waals surface area contributed by atoms with Crippen molar-refractivity contribution in [1.82, 2.24) is 15.3 Å². The van der Waals surface area contributed by atoms with Crippen LogP contribution in [-0.2, 0) is 11.3 Å². The van der Waals surface area contributed by atoms with Crippen molar-refractivity contribution in [2.24, 2.45) is 0 Å². The zero-order chi connectivity index (χ0) is 19.6. The fourth-order valence-corrected chi connectivity index (χ4v) is 2.43. The molecule has 1 heterocycles. The number of benzene rings is 2. The van der Waals surface area contributed by atoms with E-state index in [2.05, 4.69) is 20.6 Å². The second-order valence-electron chi connectivity index (χ2n) is 5.96. The first-order valence-electron chi connectivity index (χ1n) is 8.87. The van der Waals surface area contributed by atoms with Gasteiger partial charge in [0.25, 0.3) is 5.91 Å². The normalized spacial score (nSPS) is 10.3. The number of nitrogens with zero attached hydrogens (tertiary/aromatic N) is 2. The predicted molar refractivity (Wildman–Crippen MR) is 107 cm³/mol. The molecule has 0 aliphatic heterocycles. The van der Waals surface area contributed by atoms with Gasteiger partial charge in [-0.3, -0.25) is 4.79 Å². The maximum Gasteiger partial charge on any atom is 0.270 e. The number of carbonyl (C=O) groups excluding carboxylic acids is 1. The molecule has 28 heavy (non-hydrogen) atoms.